The molecule has 0 radical (unpaired) electrons. The molecule has 0 bridgehead atoms. The predicted molar refractivity (Wildman–Crippen MR) is 118 cm³/mol. The van der Waals surface area contributed by atoms with Gasteiger partial charge < -0.3 is 19.5 Å². The summed E-state index contributed by atoms with van der Waals surface area (Å²) >= 11 is 0. The van der Waals surface area contributed by atoms with Crippen LogP contribution < -0.4 is 10.3 Å². The van der Waals surface area contributed by atoms with Crippen LogP contribution in [0.1, 0.15) is 33.6 Å². The summed E-state index contributed by atoms with van der Waals surface area (Å²) in [7, 11) is 3.19. The zero-order valence-electron chi connectivity index (χ0n) is 18.0. The van der Waals surface area contributed by atoms with Gasteiger partial charge in [-0.25, -0.2) is 0 Å². The Labute approximate surface area is 185 Å². The highest BCUT2D eigenvalue weighted by Crippen LogP contribution is 2.41. The fraction of sp³-hybridized carbons (Fsp3) is 0.292. The van der Waals surface area contributed by atoms with E-state index in [1.54, 1.807) is 11.6 Å². The summed E-state index contributed by atoms with van der Waals surface area (Å²) in [6.45, 7) is 0.765. The number of rotatable bonds is 7. The smallest absolute Gasteiger partial charge is 0.318 e. The number of aromatic hydroxyl groups is 1. The number of nitrogens with zero attached hydrogens (tertiary/aromatic N) is 3. The van der Waals surface area contributed by atoms with E-state index in [2.05, 4.69) is 4.98 Å². The number of benzene rings is 2. The van der Waals surface area contributed by atoms with E-state index in [0.717, 1.165) is 11.1 Å². The molecule has 8 heteroatoms. The normalized spacial score (nSPS) is 15.7. The number of ether oxygens (including phenoxy) is 2. The third-order valence-corrected chi connectivity index (χ3v) is 5.63. The number of carbonyl (C=O) groups is 1. The molecule has 1 aliphatic heterocycles. The summed E-state index contributed by atoms with van der Waals surface area (Å²) in [4.78, 5) is 30.8. The quantitative estimate of drug-likeness (QED) is 0.573. The van der Waals surface area contributed by atoms with Gasteiger partial charge >= 0.3 is 11.6 Å². The van der Waals surface area contributed by atoms with Gasteiger partial charge in [-0.3, -0.25) is 14.2 Å². The standard InChI is InChI=1S/C24H25N3O5/c1-26-15-18(19(16-9-5-3-6-10-16)17-11-7-4-8-12-17)27-20(23(26)30)21(28)22(29)25-24(27)32-14-13-31-2/h3-12,18-19,28H,13-15H2,1-2H3/t18-/m1/s1. The molecular weight excluding hydrogens is 410 g/mol. The van der Waals surface area contributed by atoms with Gasteiger partial charge in [0.15, 0.2) is 5.69 Å². The lowest BCUT2D eigenvalue weighted by Crippen LogP contribution is -2.45. The van der Waals surface area contributed by atoms with Crippen LogP contribution in [0, 0.1) is 0 Å². The zero-order valence-corrected chi connectivity index (χ0v) is 18.0. The number of aromatic nitrogens is 2. The summed E-state index contributed by atoms with van der Waals surface area (Å²) < 4.78 is 12.4. The molecule has 0 fully saturated rings. The summed E-state index contributed by atoms with van der Waals surface area (Å²) in [6.07, 6.45) is 0. The van der Waals surface area contributed by atoms with Gasteiger partial charge in [0.2, 0.25) is 5.75 Å². The van der Waals surface area contributed by atoms with E-state index in [1.165, 1.54) is 12.0 Å². The van der Waals surface area contributed by atoms with Crippen molar-refractivity contribution in [2.45, 2.75) is 12.0 Å². The fourth-order valence-electron chi connectivity index (χ4n) is 4.17. The van der Waals surface area contributed by atoms with Gasteiger partial charge in [-0.15, -0.1) is 0 Å². The molecule has 4 rings (SSSR count). The van der Waals surface area contributed by atoms with Crippen LogP contribution in [-0.4, -0.2) is 59.4 Å². The highest BCUT2D eigenvalue weighted by molar-refractivity contribution is 5.95. The second-order valence-electron chi connectivity index (χ2n) is 7.66. The molecule has 8 nitrogen and oxygen atoms in total. The van der Waals surface area contributed by atoms with E-state index < -0.39 is 17.2 Å². The number of amides is 1. The topological polar surface area (TPSA) is 93.9 Å². The number of fused-ring (bicyclic) bond motifs is 1. The lowest BCUT2D eigenvalue weighted by atomic mass is 9.83. The molecule has 2 aromatic carbocycles. The molecule has 1 aromatic heterocycles. The maximum atomic E-state index is 13.0. The SMILES string of the molecule is COCCOc1nc(=O)c(O)c2n1[C@@H](C(c1ccccc1)c1ccccc1)CN(C)C2=O. The molecule has 1 amide bonds. The van der Waals surface area contributed by atoms with Crippen LogP contribution in [0.5, 0.6) is 11.8 Å². The molecule has 0 unspecified atom stereocenters. The average Bonchev–Trinajstić information content (AvgIpc) is 2.81. The van der Waals surface area contributed by atoms with E-state index in [-0.39, 0.29) is 36.9 Å². The average molecular weight is 435 g/mol. The first-order valence-electron chi connectivity index (χ1n) is 10.4. The Morgan fingerprint density at radius 1 is 1.03 bits per heavy atom. The maximum Gasteiger partial charge on any atom is 0.318 e. The van der Waals surface area contributed by atoms with Crippen LogP contribution in [0.2, 0.25) is 0 Å². The van der Waals surface area contributed by atoms with Crippen LogP contribution >= 0.6 is 0 Å². The van der Waals surface area contributed by atoms with Crippen molar-refractivity contribution in [3.8, 4) is 11.8 Å². The lowest BCUT2D eigenvalue weighted by molar-refractivity contribution is 0.0676. The van der Waals surface area contributed by atoms with Crippen molar-refractivity contribution < 1.29 is 19.4 Å². The van der Waals surface area contributed by atoms with Gasteiger partial charge in [0.25, 0.3) is 5.91 Å². The second kappa shape index (κ2) is 9.23. The van der Waals surface area contributed by atoms with Crippen molar-refractivity contribution in [3.05, 3.63) is 87.8 Å². The summed E-state index contributed by atoms with van der Waals surface area (Å²) in [5, 5.41) is 10.5. The maximum absolute atomic E-state index is 13.0. The molecule has 0 spiro atoms. The van der Waals surface area contributed by atoms with E-state index in [4.69, 9.17) is 9.47 Å². The van der Waals surface area contributed by atoms with Crippen molar-refractivity contribution in [1.82, 2.24) is 14.5 Å². The Kier molecular flexibility index (Phi) is 6.23. The van der Waals surface area contributed by atoms with Gasteiger partial charge in [-0.05, 0) is 11.1 Å². The van der Waals surface area contributed by atoms with E-state index in [9.17, 15) is 14.7 Å². The third-order valence-electron chi connectivity index (χ3n) is 5.63. The van der Waals surface area contributed by atoms with E-state index in [1.807, 2.05) is 60.7 Å². The van der Waals surface area contributed by atoms with Gasteiger partial charge in [-0.2, -0.15) is 4.98 Å². The van der Waals surface area contributed by atoms with Gasteiger partial charge in [0.05, 0.1) is 12.6 Å². The molecule has 1 N–H and O–H groups in total. The summed E-state index contributed by atoms with van der Waals surface area (Å²) in [6, 6.07) is 19.4. The number of carbonyl (C=O) groups excluding carboxylic acids is 1. The number of likely N-dealkylation sites (N-methyl/N-ethyl adjacent to an activating group) is 1. The van der Waals surface area contributed by atoms with Crippen LogP contribution in [-0.2, 0) is 4.74 Å². The number of hydrogen-bond donors (Lipinski definition) is 1. The second-order valence-corrected chi connectivity index (χ2v) is 7.66. The molecule has 2 heterocycles. The van der Waals surface area contributed by atoms with Gasteiger partial charge in [0, 0.05) is 26.6 Å². The molecule has 0 aliphatic carbocycles. The van der Waals surface area contributed by atoms with E-state index >= 15 is 0 Å². The third kappa shape index (κ3) is 3.97. The van der Waals surface area contributed by atoms with Gasteiger partial charge in [0.1, 0.15) is 6.61 Å². The lowest BCUT2D eigenvalue weighted by Gasteiger charge is -2.39. The first-order chi connectivity index (χ1) is 15.5. The Bertz CT molecular complexity index is 1110. The van der Waals surface area contributed by atoms with Crippen molar-refractivity contribution in [1.29, 1.82) is 0 Å². The highest BCUT2D eigenvalue weighted by atomic mass is 16.5. The first kappa shape index (κ1) is 21.6. The van der Waals surface area contributed by atoms with Crippen LogP contribution in [0.25, 0.3) is 0 Å². The molecular formula is C24H25N3O5. The molecule has 1 aliphatic rings. The number of hydrogen-bond acceptors (Lipinski definition) is 6. The van der Waals surface area contributed by atoms with Crippen LogP contribution in [0.15, 0.2) is 65.5 Å². The monoisotopic (exact) mass is 435 g/mol. The molecule has 0 saturated carbocycles. The highest BCUT2D eigenvalue weighted by Gasteiger charge is 2.40. The van der Waals surface area contributed by atoms with Crippen molar-refractivity contribution in [2.24, 2.45) is 0 Å². The number of methoxy groups -OCH3 is 1. The van der Waals surface area contributed by atoms with Crippen LogP contribution in [0.4, 0.5) is 0 Å². The predicted octanol–water partition coefficient (Wildman–Crippen LogP) is 2.43. The first-order valence-corrected chi connectivity index (χ1v) is 10.4. The summed E-state index contributed by atoms with van der Waals surface area (Å²) in [5.74, 6) is -1.33. The molecule has 32 heavy (non-hydrogen) atoms. The Morgan fingerprint density at radius 2 is 1.62 bits per heavy atom. The molecule has 1 atom stereocenters. The van der Waals surface area contributed by atoms with Gasteiger partial charge in [-0.1, -0.05) is 60.7 Å². The molecule has 0 saturated heterocycles. The van der Waals surface area contributed by atoms with Crippen molar-refractivity contribution in [3.63, 3.8) is 0 Å². The molecule has 166 valence electrons. The van der Waals surface area contributed by atoms with Crippen LogP contribution in [0.3, 0.4) is 0 Å². The van der Waals surface area contributed by atoms with E-state index in [0.29, 0.717) is 6.54 Å². The van der Waals surface area contributed by atoms with Crippen molar-refractivity contribution in [2.75, 3.05) is 33.9 Å². The van der Waals surface area contributed by atoms with Crippen molar-refractivity contribution >= 4 is 5.91 Å². The fourth-order valence-corrected chi connectivity index (χ4v) is 4.17. The Hall–Kier alpha value is -3.65. The molecule has 3 aromatic rings. The zero-order chi connectivity index (χ0) is 22.7. The largest absolute Gasteiger partial charge is 0.501 e. The Morgan fingerprint density at radius 3 is 2.19 bits per heavy atom. The minimum absolute atomic E-state index is 0.0110. The Balaban J connectivity index is 1.95. The summed E-state index contributed by atoms with van der Waals surface area (Å²) in [5.41, 5.74) is 1.03. The minimum Gasteiger partial charge on any atom is -0.501 e. The minimum atomic E-state index is -0.901.